The largest absolute Gasteiger partial charge is 0.490 e. The molecule has 0 saturated heterocycles. The Morgan fingerprint density at radius 2 is 1.73 bits per heavy atom. The Labute approximate surface area is 259 Å². The number of para-hydroxylation sites is 1. The summed E-state index contributed by atoms with van der Waals surface area (Å²) >= 11 is 0. The summed E-state index contributed by atoms with van der Waals surface area (Å²) in [4.78, 5) is 30.8. The number of nitrogens with zero attached hydrogens (tertiary/aromatic N) is 3. The van der Waals surface area contributed by atoms with E-state index in [0.29, 0.717) is 23.4 Å². The molecule has 4 aromatic rings. The predicted octanol–water partition coefficient (Wildman–Crippen LogP) is 6.21. The molecule has 9 heteroatoms. The van der Waals surface area contributed by atoms with E-state index in [1.807, 2.05) is 69.6 Å². The highest BCUT2D eigenvalue weighted by Crippen LogP contribution is 2.26. The van der Waals surface area contributed by atoms with Crippen molar-refractivity contribution < 1.29 is 14.3 Å². The third kappa shape index (κ3) is 8.48. The average Bonchev–Trinajstić information content (AvgIpc) is 3.39. The molecule has 9 nitrogen and oxygen atoms in total. The van der Waals surface area contributed by atoms with E-state index in [4.69, 9.17) is 9.72 Å². The maximum absolute atomic E-state index is 13.3. The van der Waals surface area contributed by atoms with Crippen molar-refractivity contribution in [1.29, 1.82) is 5.26 Å². The second-order valence-corrected chi connectivity index (χ2v) is 12.1. The van der Waals surface area contributed by atoms with E-state index in [9.17, 15) is 14.9 Å². The van der Waals surface area contributed by atoms with E-state index in [-0.39, 0.29) is 35.6 Å². The van der Waals surface area contributed by atoms with Gasteiger partial charge in [0, 0.05) is 42.0 Å². The van der Waals surface area contributed by atoms with Gasteiger partial charge in [0.05, 0.1) is 23.4 Å². The van der Waals surface area contributed by atoms with Gasteiger partial charge >= 0.3 is 6.03 Å². The molecule has 0 aliphatic rings. The fourth-order valence-corrected chi connectivity index (χ4v) is 4.87. The van der Waals surface area contributed by atoms with Crippen molar-refractivity contribution in [2.24, 2.45) is 7.05 Å². The highest BCUT2D eigenvalue weighted by molar-refractivity contribution is 5.95. The number of rotatable bonds is 10. The summed E-state index contributed by atoms with van der Waals surface area (Å²) in [6, 6.07) is 23.3. The van der Waals surface area contributed by atoms with E-state index in [1.54, 1.807) is 24.3 Å². The second kappa shape index (κ2) is 13.9. The maximum atomic E-state index is 13.3. The number of carbonyl (C=O) groups is 2. The number of carbonyl (C=O) groups excluding carboxylic acids is 2. The Morgan fingerprint density at radius 1 is 1.02 bits per heavy atom. The lowest BCUT2D eigenvalue weighted by atomic mass is 9.96. The van der Waals surface area contributed by atoms with Crippen LogP contribution in [0, 0.1) is 11.3 Å². The lowest BCUT2D eigenvalue weighted by Gasteiger charge is -2.20. The van der Waals surface area contributed by atoms with Crippen LogP contribution in [-0.2, 0) is 18.9 Å². The zero-order valence-electron chi connectivity index (χ0n) is 26.1. The molecule has 0 unspecified atom stereocenters. The number of hydrogen-bond donors (Lipinski definition) is 3. The fraction of sp³-hybridized carbons (Fsp3) is 0.314. The third-order valence-corrected chi connectivity index (χ3v) is 6.88. The van der Waals surface area contributed by atoms with Gasteiger partial charge in [0.25, 0.3) is 5.91 Å². The van der Waals surface area contributed by atoms with Gasteiger partial charge in [-0.2, -0.15) is 5.26 Å². The molecular weight excluding hydrogens is 552 g/mol. The van der Waals surface area contributed by atoms with Crippen LogP contribution >= 0.6 is 0 Å². The van der Waals surface area contributed by atoms with E-state index < -0.39 is 6.04 Å². The van der Waals surface area contributed by atoms with Crippen LogP contribution in [0.15, 0.2) is 79.0 Å². The summed E-state index contributed by atoms with van der Waals surface area (Å²) in [6.07, 6.45) is 2.39. The maximum Gasteiger partial charge on any atom is 0.319 e. The van der Waals surface area contributed by atoms with E-state index in [2.05, 4.69) is 47.4 Å². The number of urea groups is 1. The van der Waals surface area contributed by atoms with Gasteiger partial charge < -0.3 is 25.3 Å². The molecule has 228 valence electrons. The number of ether oxygens (including phenoxy) is 1. The molecule has 0 aliphatic heterocycles. The minimum Gasteiger partial charge on any atom is -0.490 e. The lowest BCUT2D eigenvalue weighted by Crippen LogP contribution is -2.46. The van der Waals surface area contributed by atoms with Crippen molar-refractivity contribution in [3.63, 3.8) is 0 Å². The van der Waals surface area contributed by atoms with E-state index >= 15 is 0 Å². The molecule has 0 bridgehead atoms. The molecule has 44 heavy (non-hydrogen) atoms. The molecule has 0 spiro atoms. The second-order valence-electron chi connectivity index (χ2n) is 12.1. The number of nitriles is 1. The van der Waals surface area contributed by atoms with Gasteiger partial charge in [-0.3, -0.25) is 4.79 Å². The van der Waals surface area contributed by atoms with Gasteiger partial charge in [-0.1, -0.05) is 63.2 Å². The van der Waals surface area contributed by atoms with Crippen LogP contribution in [0.2, 0.25) is 0 Å². The van der Waals surface area contributed by atoms with Gasteiger partial charge in [0.2, 0.25) is 0 Å². The SMILES string of the molecule is CC(C)Oc1ccc(C(=O)N[C@H](CNC(=O)Nc2ccccc2)Cc2ccc(-c3cn(C)c(C(C)(C)C)n3)cc2)cc1C#N. The summed E-state index contributed by atoms with van der Waals surface area (Å²) < 4.78 is 7.75. The first-order valence-corrected chi connectivity index (χ1v) is 14.7. The summed E-state index contributed by atoms with van der Waals surface area (Å²) in [5.41, 5.74) is 4.07. The summed E-state index contributed by atoms with van der Waals surface area (Å²) in [7, 11) is 2.00. The number of nitrogens with one attached hydrogen (secondary N) is 3. The van der Waals surface area contributed by atoms with Crippen LogP contribution in [0.4, 0.5) is 10.5 Å². The number of aromatic nitrogens is 2. The zero-order valence-corrected chi connectivity index (χ0v) is 26.1. The summed E-state index contributed by atoms with van der Waals surface area (Å²) in [5.74, 6) is 1.08. The number of amides is 3. The molecule has 1 aromatic heterocycles. The third-order valence-electron chi connectivity index (χ3n) is 6.88. The normalized spacial score (nSPS) is 11.9. The predicted molar refractivity (Wildman–Crippen MR) is 173 cm³/mol. The summed E-state index contributed by atoms with van der Waals surface area (Å²) in [6.45, 7) is 10.3. The topological polar surface area (TPSA) is 121 Å². The van der Waals surface area contributed by atoms with Gasteiger partial charge in [0.1, 0.15) is 17.6 Å². The summed E-state index contributed by atoms with van der Waals surface area (Å²) in [5, 5.41) is 18.3. The zero-order chi connectivity index (χ0) is 31.9. The van der Waals surface area contributed by atoms with Crippen molar-refractivity contribution in [1.82, 2.24) is 20.2 Å². The van der Waals surface area contributed by atoms with Gasteiger partial charge in [-0.15, -0.1) is 0 Å². The number of hydrogen-bond acceptors (Lipinski definition) is 5. The molecule has 3 N–H and O–H groups in total. The van der Waals surface area contributed by atoms with E-state index in [0.717, 1.165) is 22.6 Å². The lowest BCUT2D eigenvalue weighted by molar-refractivity contribution is 0.0936. The highest BCUT2D eigenvalue weighted by Gasteiger charge is 2.21. The minimum atomic E-state index is -0.436. The van der Waals surface area contributed by atoms with Gasteiger partial charge in [0.15, 0.2) is 0 Å². The fourth-order valence-electron chi connectivity index (χ4n) is 4.87. The van der Waals surface area contributed by atoms with Crippen molar-refractivity contribution in [3.8, 4) is 23.1 Å². The Kier molecular flexibility index (Phi) is 10.1. The number of aryl methyl sites for hydroxylation is 1. The number of anilines is 1. The van der Waals surface area contributed by atoms with Gasteiger partial charge in [-0.05, 0) is 56.2 Å². The molecule has 0 saturated carbocycles. The molecule has 0 aliphatic carbocycles. The van der Waals surface area contributed by atoms with E-state index in [1.165, 1.54) is 6.07 Å². The number of benzene rings is 3. The Balaban J connectivity index is 1.51. The Hall–Kier alpha value is -5.10. The number of imidazole rings is 1. The van der Waals surface area contributed by atoms with Crippen molar-refractivity contribution in [3.05, 3.63) is 102 Å². The van der Waals surface area contributed by atoms with Crippen LogP contribution in [-0.4, -0.2) is 40.2 Å². The first-order valence-electron chi connectivity index (χ1n) is 14.7. The quantitative estimate of drug-likeness (QED) is 0.202. The minimum absolute atomic E-state index is 0.0755. The first-order chi connectivity index (χ1) is 20.9. The van der Waals surface area contributed by atoms with Crippen LogP contribution in [0.25, 0.3) is 11.3 Å². The monoisotopic (exact) mass is 592 g/mol. The van der Waals surface area contributed by atoms with Crippen molar-refractivity contribution in [2.45, 2.75) is 58.6 Å². The van der Waals surface area contributed by atoms with Gasteiger partial charge in [-0.25, -0.2) is 9.78 Å². The molecule has 1 heterocycles. The van der Waals surface area contributed by atoms with Crippen LogP contribution < -0.4 is 20.7 Å². The van der Waals surface area contributed by atoms with Crippen molar-refractivity contribution >= 4 is 17.6 Å². The average molecular weight is 593 g/mol. The Bertz CT molecular complexity index is 1630. The molecule has 3 aromatic carbocycles. The molecule has 3 amide bonds. The van der Waals surface area contributed by atoms with Crippen LogP contribution in [0.3, 0.4) is 0 Å². The van der Waals surface area contributed by atoms with Crippen LogP contribution in [0.5, 0.6) is 5.75 Å². The molecular formula is C35H40N6O3. The van der Waals surface area contributed by atoms with Crippen molar-refractivity contribution in [2.75, 3.05) is 11.9 Å². The first kappa shape index (κ1) is 31.8. The molecule has 4 rings (SSSR count). The Morgan fingerprint density at radius 3 is 2.34 bits per heavy atom. The molecule has 1 atom stereocenters. The standard InChI is InChI=1S/C35H40N6O3/c1-23(2)44-31-17-16-26(19-27(31)20-36)32(42)38-29(21-37-34(43)39-28-10-8-7-9-11-28)18-24-12-14-25(15-13-24)30-22-41(6)33(40-30)35(3,4)5/h7-17,19,22-23,29H,18,21H2,1-6H3,(H,38,42)(H2,37,39,43)/t29-/m0/s1. The molecule has 0 fully saturated rings. The van der Waals surface area contributed by atoms with Crippen LogP contribution in [0.1, 0.15) is 61.9 Å². The molecule has 0 radical (unpaired) electrons. The smallest absolute Gasteiger partial charge is 0.319 e. The highest BCUT2D eigenvalue weighted by atomic mass is 16.5.